The van der Waals surface area contributed by atoms with E-state index in [0.717, 1.165) is 36.7 Å². The summed E-state index contributed by atoms with van der Waals surface area (Å²) >= 11 is 0. The summed E-state index contributed by atoms with van der Waals surface area (Å²) in [6, 6.07) is 4.56. The van der Waals surface area contributed by atoms with Gasteiger partial charge in [-0.05, 0) is 37.5 Å². The number of piperidine rings is 1. The van der Waals surface area contributed by atoms with E-state index in [2.05, 4.69) is 10.2 Å². The van der Waals surface area contributed by atoms with Crippen molar-refractivity contribution in [3.05, 3.63) is 23.8 Å². The molecule has 0 aromatic heterocycles. The highest BCUT2D eigenvalue weighted by Gasteiger charge is 2.24. The molecule has 0 atom stereocenters. The number of rotatable bonds is 8. The number of hydrogen-bond acceptors (Lipinski definition) is 6. The zero-order valence-corrected chi connectivity index (χ0v) is 18.3. The third-order valence-corrected chi connectivity index (χ3v) is 8.34. The van der Waals surface area contributed by atoms with Crippen molar-refractivity contribution in [1.29, 1.82) is 0 Å². The molecule has 158 valence electrons. The number of carbonyl (C=O) groups excluding carboxylic acids is 1. The lowest BCUT2D eigenvalue weighted by Crippen LogP contribution is -2.34. The van der Waals surface area contributed by atoms with Crippen LogP contribution in [0, 0.1) is 0 Å². The molecule has 0 radical (unpaired) electrons. The van der Waals surface area contributed by atoms with Crippen LogP contribution in [0.15, 0.2) is 23.1 Å². The lowest BCUT2D eigenvalue weighted by atomic mass is 10.1. The first-order valence-corrected chi connectivity index (χ1v) is 12.6. The molecular weight excluding hydrogens is 402 g/mol. The SMILES string of the molecule is CCS(=O)(=O)CCNC(=O)c1cc(S(=O)(=O)N(C)C)ccc1N1CCCCC1. The fourth-order valence-electron chi connectivity index (χ4n) is 3.04. The molecule has 1 aromatic rings. The topological polar surface area (TPSA) is 104 Å². The average Bonchev–Trinajstić information content (AvgIpc) is 2.67. The molecule has 1 aliphatic heterocycles. The highest BCUT2D eigenvalue weighted by atomic mass is 32.2. The quantitative estimate of drug-likeness (QED) is 0.661. The van der Waals surface area contributed by atoms with Crippen LogP contribution in [0.4, 0.5) is 5.69 Å². The largest absolute Gasteiger partial charge is 0.371 e. The maximum atomic E-state index is 12.8. The van der Waals surface area contributed by atoms with Crippen LogP contribution >= 0.6 is 0 Å². The van der Waals surface area contributed by atoms with E-state index >= 15 is 0 Å². The number of sulfonamides is 1. The van der Waals surface area contributed by atoms with Gasteiger partial charge in [0.15, 0.2) is 9.84 Å². The molecule has 1 aromatic carbocycles. The highest BCUT2D eigenvalue weighted by Crippen LogP contribution is 2.27. The Bertz CT molecular complexity index is 905. The van der Waals surface area contributed by atoms with E-state index in [4.69, 9.17) is 0 Å². The zero-order chi connectivity index (χ0) is 20.9. The summed E-state index contributed by atoms with van der Waals surface area (Å²) in [6.45, 7) is 3.13. The van der Waals surface area contributed by atoms with Crippen LogP contribution in [0.5, 0.6) is 0 Å². The molecule has 1 saturated heterocycles. The van der Waals surface area contributed by atoms with Crippen molar-refractivity contribution < 1.29 is 21.6 Å². The fraction of sp³-hybridized carbons (Fsp3) is 0.611. The molecule has 1 N–H and O–H groups in total. The van der Waals surface area contributed by atoms with Gasteiger partial charge in [0.25, 0.3) is 5.91 Å². The molecule has 0 saturated carbocycles. The van der Waals surface area contributed by atoms with Gasteiger partial charge < -0.3 is 10.2 Å². The van der Waals surface area contributed by atoms with E-state index in [9.17, 15) is 21.6 Å². The highest BCUT2D eigenvalue weighted by molar-refractivity contribution is 7.91. The third kappa shape index (κ3) is 5.45. The number of carbonyl (C=O) groups is 1. The molecule has 2 rings (SSSR count). The van der Waals surface area contributed by atoms with Gasteiger partial charge >= 0.3 is 0 Å². The molecule has 1 amide bonds. The van der Waals surface area contributed by atoms with Crippen LogP contribution < -0.4 is 10.2 Å². The summed E-state index contributed by atoms with van der Waals surface area (Å²) in [6.07, 6.45) is 3.14. The first-order chi connectivity index (χ1) is 13.1. The van der Waals surface area contributed by atoms with Crippen LogP contribution in [0.3, 0.4) is 0 Å². The van der Waals surface area contributed by atoms with Crippen LogP contribution in [0.25, 0.3) is 0 Å². The molecule has 0 spiro atoms. The smallest absolute Gasteiger partial charge is 0.253 e. The van der Waals surface area contributed by atoms with Crippen molar-refractivity contribution in [1.82, 2.24) is 9.62 Å². The molecule has 8 nitrogen and oxygen atoms in total. The number of anilines is 1. The Morgan fingerprint density at radius 3 is 2.32 bits per heavy atom. The third-order valence-electron chi connectivity index (χ3n) is 4.83. The number of sulfone groups is 1. The maximum Gasteiger partial charge on any atom is 0.253 e. The van der Waals surface area contributed by atoms with Gasteiger partial charge in [-0.2, -0.15) is 0 Å². The minimum atomic E-state index is -3.69. The molecule has 0 aliphatic carbocycles. The van der Waals surface area contributed by atoms with E-state index < -0.39 is 25.8 Å². The average molecular weight is 432 g/mol. The maximum absolute atomic E-state index is 12.8. The van der Waals surface area contributed by atoms with Gasteiger partial charge in [0.2, 0.25) is 10.0 Å². The van der Waals surface area contributed by atoms with Gasteiger partial charge in [-0.3, -0.25) is 4.79 Å². The van der Waals surface area contributed by atoms with Crippen molar-refractivity contribution in [3.8, 4) is 0 Å². The summed E-state index contributed by atoms with van der Waals surface area (Å²) in [5.41, 5.74) is 0.923. The van der Waals surface area contributed by atoms with E-state index in [1.54, 1.807) is 13.0 Å². The fourth-order valence-corrected chi connectivity index (χ4v) is 4.67. The molecule has 1 aliphatic rings. The second-order valence-corrected chi connectivity index (χ2v) is 11.6. The first-order valence-electron chi connectivity index (χ1n) is 9.38. The second kappa shape index (κ2) is 9.23. The normalized spacial score (nSPS) is 15.6. The van der Waals surface area contributed by atoms with E-state index in [1.165, 1.54) is 26.2 Å². The standard InChI is InChI=1S/C18H29N3O5S2/c1-4-27(23,24)13-10-19-18(22)16-14-15(28(25,26)20(2)3)8-9-17(16)21-11-6-5-7-12-21/h8-9,14H,4-7,10-13H2,1-3H3,(H,19,22). The van der Waals surface area contributed by atoms with Crippen molar-refractivity contribution in [2.24, 2.45) is 0 Å². The van der Waals surface area contributed by atoms with Crippen LogP contribution in [0.1, 0.15) is 36.5 Å². The molecular formula is C18H29N3O5S2. The Morgan fingerprint density at radius 1 is 1.11 bits per heavy atom. The molecule has 1 heterocycles. The lowest BCUT2D eigenvalue weighted by molar-refractivity contribution is 0.0956. The Labute approximate surface area is 167 Å². The summed E-state index contributed by atoms with van der Waals surface area (Å²) in [5, 5.41) is 2.62. The Hall–Kier alpha value is -1.65. The summed E-state index contributed by atoms with van der Waals surface area (Å²) in [4.78, 5) is 14.9. The summed E-state index contributed by atoms with van der Waals surface area (Å²) < 4.78 is 49.4. The zero-order valence-electron chi connectivity index (χ0n) is 16.6. The summed E-state index contributed by atoms with van der Waals surface area (Å²) in [7, 11) is -4.02. The Kier molecular flexibility index (Phi) is 7.46. The molecule has 10 heteroatoms. The van der Waals surface area contributed by atoms with E-state index in [1.807, 2.05) is 0 Å². The van der Waals surface area contributed by atoms with E-state index in [0.29, 0.717) is 5.69 Å². The monoisotopic (exact) mass is 431 g/mol. The first kappa shape index (κ1) is 22.6. The van der Waals surface area contributed by atoms with Gasteiger partial charge in [0, 0.05) is 45.2 Å². The molecule has 1 fully saturated rings. The van der Waals surface area contributed by atoms with Crippen molar-refractivity contribution in [3.63, 3.8) is 0 Å². The van der Waals surface area contributed by atoms with Crippen LogP contribution in [-0.4, -0.2) is 72.3 Å². The summed E-state index contributed by atoms with van der Waals surface area (Å²) in [5.74, 6) is -0.606. The minimum Gasteiger partial charge on any atom is -0.371 e. The minimum absolute atomic E-state index is 0.0124. The molecule has 28 heavy (non-hydrogen) atoms. The number of amides is 1. The number of nitrogens with one attached hydrogen (secondary N) is 1. The van der Waals surface area contributed by atoms with Gasteiger partial charge in [-0.25, -0.2) is 21.1 Å². The van der Waals surface area contributed by atoms with Crippen molar-refractivity contribution >= 4 is 31.5 Å². The van der Waals surface area contributed by atoms with Gasteiger partial charge in [-0.1, -0.05) is 6.92 Å². The predicted octanol–water partition coefficient (Wildman–Crippen LogP) is 1.09. The van der Waals surface area contributed by atoms with Crippen LogP contribution in [0.2, 0.25) is 0 Å². The van der Waals surface area contributed by atoms with Gasteiger partial charge in [0.05, 0.1) is 16.2 Å². The van der Waals surface area contributed by atoms with E-state index in [-0.39, 0.29) is 28.5 Å². The molecule has 0 bridgehead atoms. The second-order valence-electron chi connectivity index (χ2n) is 7.01. The van der Waals surface area contributed by atoms with Crippen molar-refractivity contribution in [2.45, 2.75) is 31.1 Å². The number of hydrogen-bond donors (Lipinski definition) is 1. The predicted molar refractivity (Wildman–Crippen MR) is 110 cm³/mol. The Morgan fingerprint density at radius 2 is 1.75 bits per heavy atom. The number of nitrogens with zero attached hydrogens (tertiary/aromatic N) is 2. The van der Waals surface area contributed by atoms with Gasteiger partial charge in [-0.15, -0.1) is 0 Å². The van der Waals surface area contributed by atoms with Crippen LogP contribution in [-0.2, 0) is 19.9 Å². The van der Waals surface area contributed by atoms with Crippen molar-refractivity contribution in [2.75, 3.05) is 50.1 Å². The Balaban J connectivity index is 2.34. The molecule has 0 unspecified atom stereocenters. The lowest BCUT2D eigenvalue weighted by Gasteiger charge is -2.30. The van der Waals surface area contributed by atoms with Gasteiger partial charge in [0.1, 0.15) is 0 Å². The number of benzene rings is 1.